The molecule has 1 aromatic heterocycles. The number of nitrogens with zero attached hydrogens (tertiary/aromatic N) is 1. The topological polar surface area (TPSA) is 17.0 Å². The summed E-state index contributed by atoms with van der Waals surface area (Å²) in [5, 5.41) is 3.46. The Bertz CT molecular complexity index is 251. The van der Waals surface area contributed by atoms with E-state index in [9.17, 15) is 0 Å². The van der Waals surface area contributed by atoms with Crippen LogP contribution < -0.4 is 5.32 Å². The molecule has 0 aromatic carbocycles. The molecule has 14 heavy (non-hydrogen) atoms. The largest absolute Gasteiger partial charge is 0.348 e. The number of hydrogen-bond acceptors (Lipinski definition) is 1. The van der Waals surface area contributed by atoms with Crippen LogP contribution in [-0.2, 0) is 6.54 Å². The Morgan fingerprint density at radius 1 is 1.43 bits per heavy atom. The van der Waals surface area contributed by atoms with Gasteiger partial charge >= 0.3 is 0 Å². The molecule has 80 valence electrons. The van der Waals surface area contributed by atoms with E-state index >= 15 is 0 Å². The van der Waals surface area contributed by atoms with E-state index < -0.39 is 0 Å². The van der Waals surface area contributed by atoms with Crippen LogP contribution in [-0.4, -0.2) is 11.1 Å². The van der Waals surface area contributed by atoms with Crippen molar-refractivity contribution in [2.24, 2.45) is 0 Å². The molecular formula is C12H22N2. The number of unbranched alkanes of at least 4 members (excludes halogenated alkanes) is 1. The van der Waals surface area contributed by atoms with Gasteiger partial charge in [0.25, 0.3) is 0 Å². The molecule has 0 aliphatic carbocycles. The highest BCUT2D eigenvalue weighted by molar-refractivity contribution is 5.07. The lowest BCUT2D eigenvalue weighted by atomic mass is 10.3. The van der Waals surface area contributed by atoms with Crippen LogP contribution >= 0.6 is 0 Å². The van der Waals surface area contributed by atoms with Crippen molar-refractivity contribution in [2.75, 3.05) is 6.54 Å². The summed E-state index contributed by atoms with van der Waals surface area (Å²) in [5.41, 5.74) is 1.39. The minimum atomic E-state index is 0.563. The summed E-state index contributed by atoms with van der Waals surface area (Å²) in [4.78, 5) is 0. The molecule has 0 aliphatic heterocycles. The monoisotopic (exact) mass is 194 g/mol. The van der Waals surface area contributed by atoms with Crippen LogP contribution in [0.25, 0.3) is 0 Å². The third-order valence-electron chi connectivity index (χ3n) is 2.44. The lowest BCUT2D eigenvalue weighted by Crippen LogP contribution is -2.17. The van der Waals surface area contributed by atoms with Gasteiger partial charge in [-0.1, -0.05) is 13.3 Å². The van der Waals surface area contributed by atoms with E-state index in [-0.39, 0.29) is 0 Å². The van der Waals surface area contributed by atoms with Crippen molar-refractivity contribution in [3.05, 3.63) is 24.0 Å². The molecule has 0 bridgehead atoms. The van der Waals surface area contributed by atoms with E-state index in [0.717, 1.165) is 13.1 Å². The van der Waals surface area contributed by atoms with Crippen molar-refractivity contribution in [3.8, 4) is 0 Å². The van der Waals surface area contributed by atoms with Crippen molar-refractivity contribution in [1.29, 1.82) is 0 Å². The fourth-order valence-electron chi connectivity index (χ4n) is 1.60. The first-order valence-electron chi connectivity index (χ1n) is 5.62. The second-order valence-electron chi connectivity index (χ2n) is 4.03. The third-order valence-corrected chi connectivity index (χ3v) is 2.44. The summed E-state index contributed by atoms with van der Waals surface area (Å²) in [7, 11) is 0. The Hall–Kier alpha value is -0.760. The summed E-state index contributed by atoms with van der Waals surface area (Å²) >= 11 is 0. The Morgan fingerprint density at radius 2 is 2.21 bits per heavy atom. The Morgan fingerprint density at radius 3 is 2.86 bits per heavy atom. The molecule has 0 radical (unpaired) electrons. The third kappa shape index (κ3) is 3.18. The van der Waals surface area contributed by atoms with Crippen molar-refractivity contribution in [3.63, 3.8) is 0 Å². The summed E-state index contributed by atoms with van der Waals surface area (Å²) < 4.78 is 2.32. The molecule has 2 heteroatoms. The molecule has 0 unspecified atom stereocenters. The van der Waals surface area contributed by atoms with Gasteiger partial charge in [0.15, 0.2) is 0 Å². The van der Waals surface area contributed by atoms with Gasteiger partial charge in [0, 0.05) is 24.5 Å². The standard InChI is InChI=1S/C12H22N2/c1-4-5-8-13-10-12-7-6-9-14(12)11(2)3/h6-7,9,11,13H,4-5,8,10H2,1-3H3. The predicted octanol–water partition coefficient (Wildman–Crippen LogP) is 2.96. The minimum Gasteiger partial charge on any atom is -0.348 e. The van der Waals surface area contributed by atoms with Crippen molar-refractivity contribution in [1.82, 2.24) is 9.88 Å². The second kappa shape index (κ2) is 5.86. The van der Waals surface area contributed by atoms with E-state index in [1.165, 1.54) is 18.5 Å². The summed E-state index contributed by atoms with van der Waals surface area (Å²) in [6, 6.07) is 4.88. The van der Waals surface area contributed by atoms with Crippen LogP contribution in [0, 0.1) is 0 Å². The summed E-state index contributed by atoms with van der Waals surface area (Å²) in [5.74, 6) is 0. The highest BCUT2D eigenvalue weighted by Crippen LogP contribution is 2.10. The van der Waals surface area contributed by atoms with Crippen LogP contribution in [0.15, 0.2) is 18.3 Å². The van der Waals surface area contributed by atoms with E-state index in [1.54, 1.807) is 0 Å². The quantitative estimate of drug-likeness (QED) is 0.689. The van der Waals surface area contributed by atoms with Gasteiger partial charge in [-0.25, -0.2) is 0 Å². The number of rotatable bonds is 6. The fraction of sp³-hybridized carbons (Fsp3) is 0.667. The molecule has 0 saturated heterocycles. The summed E-state index contributed by atoms with van der Waals surface area (Å²) in [6.07, 6.45) is 4.68. The predicted molar refractivity (Wildman–Crippen MR) is 61.4 cm³/mol. The lowest BCUT2D eigenvalue weighted by Gasteiger charge is -2.13. The van der Waals surface area contributed by atoms with Gasteiger partial charge < -0.3 is 9.88 Å². The minimum absolute atomic E-state index is 0.563. The maximum absolute atomic E-state index is 3.46. The highest BCUT2D eigenvalue weighted by Gasteiger charge is 2.02. The molecule has 0 aliphatic rings. The maximum atomic E-state index is 3.46. The van der Waals surface area contributed by atoms with Gasteiger partial charge in [-0.3, -0.25) is 0 Å². The molecular weight excluding hydrogens is 172 g/mol. The van der Waals surface area contributed by atoms with E-state index in [0.29, 0.717) is 6.04 Å². The molecule has 1 aromatic rings. The van der Waals surface area contributed by atoms with Crippen molar-refractivity contribution in [2.45, 2.75) is 46.2 Å². The molecule has 1 heterocycles. The second-order valence-corrected chi connectivity index (χ2v) is 4.03. The molecule has 0 atom stereocenters. The zero-order valence-electron chi connectivity index (χ0n) is 9.59. The number of hydrogen-bond donors (Lipinski definition) is 1. The number of nitrogens with one attached hydrogen (secondary N) is 1. The van der Waals surface area contributed by atoms with Crippen LogP contribution in [0.1, 0.15) is 45.3 Å². The van der Waals surface area contributed by atoms with Gasteiger partial charge in [0.2, 0.25) is 0 Å². The van der Waals surface area contributed by atoms with Gasteiger partial charge in [0.05, 0.1) is 0 Å². The normalized spacial score (nSPS) is 11.1. The van der Waals surface area contributed by atoms with Gasteiger partial charge in [-0.15, -0.1) is 0 Å². The first kappa shape index (κ1) is 11.3. The molecule has 0 spiro atoms. The van der Waals surface area contributed by atoms with Crippen LogP contribution in [0.2, 0.25) is 0 Å². The first-order valence-corrected chi connectivity index (χ1v) is 5.62. The van der Waals surface area contributed by atoms with Crippen LogP contribution in [0.4, 0.5) is 0 Å². The Kier molecular flexibility index (Phi) is 4.74. The van der Waals surface area contributed by atoms with Crippen molar-refractivity contribution >= 4 is 0 Å². The van der Waals surface area contributed by atoms with Crippen molar-refractivity contribution < 1.29 is 0 Å². The number of aromatic nitrogens is 1. The van der Waals surface area contributed by atoms with E-state index in [4.69, 9.17) is 0 Å². The Balaban J connectivity index is 2.38. The molecule has 0 fully saturated rings. The zero-order chi connectivity index (χ0) is 10.4. The average Bonchev–Trinajstić information content (AvgIpc) is 2.60. The maximum Gasteiger partial charge on any atom is 0.0359 e. The van der Waals surface area contributed by atoms with Gasteiger partial charge in [-0.05, 0) is 38.9 Å². The molecule has 0 saturated carbocycles. The van der Waals surface area contributed by atoms with Gasteiger partial charge in [0.1, 0.15) is 0 Å². The van der Waals surface area contributed by atoms with E-state index in [1.807, 2.05) is 0 Å². The fourth-order valence-corrected chi connectivity index (χ4v) is 1.60. The smallest absolute Gasteiger partial charge is 0.0359 e. The molecule has 0 amide bonds. The lowest BCUT2D eigenvalue weighted by molar-refractivity contribution is 0.547. The first-order chi connectivity index (χ1) is 6.75. The van der Waals surface area contributed by atoms with Crippen LogP contribution in [0.5, 0.6) is 0 Å². The SMILES string of the molecule is CCCCNCc1cccn1C(C)C. The zero-order valence-corrected chi connectivity index (χ0v) is 9.59. The Labute approximate surface area is 87.3 Å². The molecule has 1 N–H and O–H groups in total. The summed E-state index contributed by atoms with van der Waals surface area (Å²) in [6.45, 7) is 8.77. The van der Waals surface area contributed by atoms with E-state index in [2.05, 4.69) is 49.0 Å². The average molecular weight is 194 g/mol. The highest BCUT2D eigenvalue weighted by atomic mass is 15.0. The van der Waals surface area contributed by atoms with Crippen LogP contribution in [0.3, 0.4) is 0 Å². The van der Waals surface area contributed by atoms with Gasteiger partial charge in [-0.2, -0.15) is 0 Å². The molecule has 2 nitrogen and oxygen atoms in total. The molecule has 1 rings (SSSR count).